The zero-order chi connectivity index (χ0) is 19.7. The number of carbonyl (C=O) groups is 1. The molecule has 0 bridgehead atoms. The molecule has 0 spiro atoms. The Labute approximate surface area is 172 Å². The molecule has 1 amide bonds. The van der Waals surface area contributed by atoms with Gasteiger partial charge in [0.05, 0.1) is 28.3 Å². The van der Waals surface area contributed by atoms with E-state index in [9.17, 15) is 13.2 Å². The van der Waals surface area contributed by atoms with E-state index >= 15 is 0 Å². The third-order valence-corrected chi connectivity index (χ3v) is 8.06. The Morgan fingerprint density at radius 2 is 1.96 bits per heavy atom. The molecule has 2 N–H and O–H groups in total. The number of carbonyl (C=O) groups excluding carboxylic acids is 1. The number of nitrogens with one attached hydrogen (secondary N) is 2. The normalized spacial score (nSPS) is 22.4. The number of anilines is 1. The van der Waals surface area contributed by atoms with E-state index in [1.165, 1.54) is 11.8 Å². The Bertz CT molecular complexity index is 1040. The number of amidine groups is 1. The lowest BCUT2D eigenvalue weighted by Gasteiger charge is -2.11. The highest BCUT2D eigenvalue weighted by molar-refractivity contribution is 8.15. The van der Waals surface area contributed by atoms with E-state index in [1.54, 1.807) is 18.2 Å². The molecule has 4 rings (SSSR count). The summed E-state index contributed by atoms with van der Waals surface area (Å²) < 4.78 is 23.4. The van der Waals surface area contributed by atoms with E-state index < -0.39 is 9.84 Å². The Balaban J connectivity index is 1.43. The van der Waals surface area contributed by atoms with Gasteiger partial charge < -0.3 is 10.6 Å². The second-order valence-electron chi connectivity index (χ2n) is 6.72. The molecule has 1 saturated heterocycles. The first-order chi connectivity index (χ1) is 13.4. The van der Waals surface area contributed by atoms with Gasteiger partial charge in [-0.15, -0.1) is 0 Å². The predicted octanol–water partition coefficient (Wildman–Crippen LogP) is 2.95. The van der Waals surface area contributed by atoms with Gasteiger partial charge in [0.25, 0.3) is 5.91 Å². The second kappa shape index (κ2) is 7.77. The van der Waals surface area contributed by atoms with Crippen LogP contribution in [0.2, 0.25) is 5.02 Å². The van der Waals surface area contributed by atoms with Crippen LogP contribution in [0.1, 0.15) is 15.9 Å². The number of amides is 1. The van der Waals surface area contributed by atoms with Gasteiger partial charge in [0.15, 0.2) is 15.0 Å². The standard InChI is InChI=1S/C19H18ClN3O3S2/c20-14-7-6-13(18(24)21-9-12-4-2-1-3-5-12)8-15(14)22-19-23-16-10-28(25,26)11-17(16)27-19/h1-8,16-17H,9-11H2,(H,21,24)(H,22,23)/t16-,17+/m1/s1. The minimum atomic E-state index is -2.99. The van der Waals surface area contributed by atoms with Gasteiger partial charge in [0, 0.05) is 17.4 Å². The molecule has 2 aliphatic heterocycles. The number of hydrogen-bond donors (Lipinski definition) is 2. The van der Waals surface area contributed by atoms with Crippen LogP contribution in [-0.4, -0.2) is 42.3 Å². The molecular formula is C19H18ClN3O3S2. The fraction of sp³-hybridized carbons (Fsp3) is 0.263. The van der Waals surface area contributed by atoms with Crippen molar-refractivity contribution in [2.24, 2.45) is 4.99 Å². The van der Waals surface area contributed by atoms with Gasteiger partial charge in [-0.1, -0.05) is 53.7 Å². The molecule has 2 aliphatic rings. The van der Waals surface area contributed by atoms with Gasteiger partial charge in [0.2, 0.25) is 0 Å². The fourth-order valence-corrected chi connectivity index (χ4v) is 7.01. The lowest BCUT2D eigenvalue weighted by Crippen LogP contribution is -2.23. The molecule has 2 aromatic carbocycles. The summed E-state index contributed by atoms with van der Waals surface area (Å²) in [5.41, 5.74) is 2.07. The van der Waals surface area contributed by atoms with Crippen LogP contribution >= 0.6 is 23.4 Å². The monoisotopic (exact) mass is 435 g/mol. The van der Waals surface area contributed by atoms with Crippen LogP contribution in [0.3, 0.4) is 0 Å². The van der Waals surface area contributed by atoms with Crippen molar-refractivity contribution in [3.63, 3.8) is 0 Å². The van der Waals surface area contributed by atoms with Crippen molar-refractivity contribution in [1.29, 1.82) is 0 Å². The zero-order valence-corrected chi connectivity index (χ0v) is 17.2. The number of hydrogen-bond acceptors (Lipinski definition) is 6. The minimum absolute atomic E-state index is 0.0522. The van der Waals surface area contributed by atoms with Crippen molar-refractivity contribution in [1.82, 2.24) is 5.32 Å². The van der Waals surface area contributed by atoms with Gasteiger partial charge in [0.1, 0.15) is 0 Å². The molecule has 6 nitrogen and oxygen atoms in total. The van der Waals surface area contributed by atoms with Crippen LogP contribution in [0.25, 0.3) is 0 Å². The quantitative estimate of drug-likeness (QED) is 0.770. The molecule has 0 unspecified atom stereocenters. The van der Waals surface area contributed by atoms with Gasteiger partial charge in [-0.3, -0.25) is 9.79 Å². The summed E-state index contributed by atoms with van der Waals surface area (Å²) in [6, 6.07) is 14.5. The van der Waals surface area contributed by atoms with Crippen molar-refractivity contribution in [3.05, 3.63) is 64.7 Å². The van der Waals surface area contributed by atoms with Crippen LogP contribution in [0.4, 0.5) is 5.69 Å². The molecule has 2 heterocycles. The van der Waals surface area contributed by atoms with E-state index in [-0.39, 0.29) is 28.7 Å². The fourth-order valence-electron chi connectivity index (χ4n) is 3.17. The van der Waals surface area contributed by atoms with Crippen molar-refractivity contribution in [2.75, 3.05) is 16.8 Å². The predicted molar refractivity (Wildman–Crippen MR) is 114 cm³/mol. The first-order valence-corrected chi connectivity index (χ1v) is 11.8. The van der Waals surface area contributed by atoms with Crippen LogP contribution in [0, 0.1) is 0 Å². The number of fused-ring (bicyclic) bond motifs is 1. The maximum Gasteiger partial charge on any atom is 0.251 e. The van der Waals surface area contributed by atoms with Crippen LogP contribution in [0.15, 0.2) is 53.5 Å². The van der Waals surface area contributed by atoms with E-state index in [0.717, 1.165) is 5.56 Å². The summed E-state index contributed by atoms with van der Waals surface area (Å²) in [7, 11) is -2.99. The molecule has 0 saturated carbocycles. The lowest BCUT2D eigenvalue weighted by molar-refractivity contribution is 0.0951. The van der Waals surface area contributed by atoms with E-state index in [2.05, 4.69) is 15.6 Å². The molecule has 9 heteroatoms. The molecule has 2 aromatic rings. The summed E-state index contributed by atoms with van der Waals surface area (Å²) in [5.74, 6) is 0.0330. The molecule has 1 fully saturated rings. The number of rotatable bonds is 4. The highest BCUT2D eigenvalue weighted by Gasteiger charge is 2.42. The summed E-state index contributed by atoms with van der Waals surface area (Å²) in [6.07, 6.45) is 0. The first kappa shape index (κ1) is 19.3. The van der Waals surface area contributed by atoms with Crippen molar-refractivity contribution in [3.8, 4) is 0 Å². The number of sulfone groups is 1. The number of nitrogens with zero attached hydrogens (tertiary/aromatic N) is 1. The highest BCUT2D eigenvalue weighted by Crippen LogP contribution is 2.35. The van der Waals surface area contributed by atoms with Crippen LogP contribution in [0.5, 0.6) is 0 Å². The number of thioether (sulfide) groups is 1. The van der Waals surface area contributed by atoms with E-state index in [4.69, 9.17) is 11.6 Å². The third-order valence-electron chi connectivity index (χ3n) is 4.58. The molecule has 146 valence electrons. The molecule has 0 aliphatic carbocycles. The maximum atomic E-state index is 12.5. The average molecular weight is 436 g/mol. The van der Waals surface area contributed by atoms with Crippen molar-refractivity contribution < 1.29 is 13.2 Å². The molecule has 0 radical (unpaired) electrons. The van der Waals surface area contributed by atoms with Crippen molar-refractivity contribution in [2.45, 2.75) is 17.8 Å². The molecule has 28 heavy (non-hydrogen) atoms. The second-order valence-corrected chi connectivity index (χ2v) is 10.5. The smallest absolute Gasteiger partial charge is 0.251 e. The van der Waals surface area contributed by atoms with Gasteiger partial charge >= 0.3 is 0 Å². The Morgan fingerprint density at radius 1 is 1.18 bits per heavy atom. The number of halogens is 1. The Hall–Kier alpha value is -2.03. The largest absolute Gasteiger partial charge is 0.348 e. The lowest BCUT2D eigenvalue weighted by atomic mass is 10.1. The summed E-state index contributed by atoms with van der Waals surface area (Å²) >= 11 is 7.67. The van der Waals surface area contributed by atoms with Gasteiger partial charge in [-0.25, -0.2) is 8.42 Å². The summed E-state index contributed by atoms with van der Waals surface area (Å²) in [5, 5.41) is 7.07. The molecular weight excluding hydrogens is 418 g/mol. The van der Waals surface area contributed by atoms with E-state index in [0.29, 0.717) is 28.0 Å². The average Bonchev–Trinajstić information content (AvgIpc) is 3.15. The van der Waals surface area contributed by atoms with Gasteiger partial charge in [-0.2, -0.15) is 0 Å². The Kier molecular flexibility index (Phi) is 5.35. The van der Waals surface area contributed by atoms with Crippen molar-refractivity contribution >= 4 is 50.0 Å². The molecule has 2 atom stereocenters. The number of benzene rings is 2. The van der Waals surface area contributed by atoms with Crippen LogP contribution in [-0.2, 0) is 16.4 Å². The zero-order valence-electron chi connectivity index (χ0n) is 14.8. The third kappa shape index (κ3) is 4.34. The topological polar surface area (TPSA) is 87.6 Å². The first-order valence-electron chi connectivity index (χ1n) is 8.73. The summed E-state index contributed by atoms with van der Waals surface area (Å²) in [6.45, 7) is 0.436. The number of aliphatic imine (C=N–C) groups is 1. The highest BCUT2D eigenvalue weighted by atomic mass is 35.5. The minimum Gasteiger partial charge on any atom is -0.348 e. The van der Waals surface area contributed by atoms with Gasteiger partial charge in [-0.05, 0) is 23.8 Å². The van der Waals surface area contributed by atoms with E-state index in [1.807, 2.05) is 30.3 Å². The summed E-state index contributed by atoms with van der Waals surface area (Å²) in [4.78, 5) is 16.9. The molecule has 0 aromatic heterocycles. The SMILES string of the molecule is O=C(NCc1ccccc1)c1ccc(Cl)c(NC2=N[C@@H]3CS(=O)(=O)C[C@@H]3S2)c1. The van der Waals surface area contributed by atoms with Crippen LogP contribution < -0.4 is 10.6 Å². The Morgan fingerprint density at radius 3 is 2.71 bits per heavy atom. The maximum absolute atomic E-state index is 12.5.